The lowest BCUT2D eigenvalue weighted by Crippen LogP contribution is -2.52. The van der Waals surface area contributed by atoms with Gasteiger partial charge in [-0.2, -0.15) is 5.10 Å². The topological polar surface area (TPSA) is 120 Å². The number of nitrogens with two attached hydrogens (primary N) is 2. The van der Waals surface area contributed by atoms with E-state index in [4.69, 9.17) is 11.6 Å². The van der Waals surface area contributed by atoms with Gasteiger partial charge in [0.15, 0.2) is 5.82 Å². The summed E-state index contributed by atoms with van der Waals surface area (Å²) in [6.07, 6.45) is 2.96. The van der Waals surface area contributed by atoms with Crippen LogP contribution in [0.3, 0.4) is 0 Å². The molecule has 35 heavy (non-hydrogen) atoms. The van der Waals surface area contributed by atoms with E-state index in [0.717, 1.165) is 12.3 Å². The van der Waals surface area contributed by atoms with Gasteiger partial charge in [-0.05, 0) is 24.6 Å². The predicted octanol–water partition coefficient (Wildman–Crippen LogP) is 2.02. The van der Waals surface area contributed by atoms with Gasteiger partial charge in [0, 0.05) is 57.6 Å². The summed E-state index contributed by atoms with van der Waals surface area (Å²) >= 11 is 0. The fraction of sp³-hybridized carbons (Fsp3) is 0.364. The van der Waals surface area contributed by atoms with Crippen molar-refractivity contribution >= 4 is 23.9 Å². The summed E-state index contributed by atoms with van der Waals surface area (Å²) in [7, 11) is 1.53. The third-order valence-corrected chi connectivity index (χ3v) is 5.81. The van der Waals surface area contributed by atoms with Crippen molar-refractivity contribution in [2.75, 3.05) is 38.1 Å². The summed E-state index contributed by atoms with van der Waals surface area (Å²) in [6.45, 7) is 3.00. The molecule has 186 valence electrons. The number of nitrogens with zero attached hydrogens (tertiary/aromatic N) is 7. The summed E-state index contributed by atoms with van der Waals surface area (Å²) in [5, 5.41) is 6.58. The summed E-state index contributed by atoms with van der Waals surface area (Å²) < 4.78 is 41.9. The van der Waals surface area contributed by atoms with Crippen LogP contribution in [-0.4, -0.2) is 70.4 Å². The lowest BCUT2D eigenvalue weighted by atomic mass is 10.0. The molecule has 10 nitrogen and oxygen atoms in total. The zero-order chi connectivity index (χ0) is 25.3. The Bertz CT molecular complexity index is 1150. The van der Waals surface area contributed by atoms with Crippen LogP contribution in [0, 0.1) is 17.5 Å². The number of carbonyl (C=O) groups is 1. The number of urea groups is 1. The van der Waals surface area contributed by atoms with Gasteiger partial charge in [-0.15, -0.1) is 0 Å². The number of carbonyl (C=O) groups excluding carboxylic acids is 1. The molecule has 4 N–H and O–H groups in total. The van der Waals surface area contributed by atoms with Crippen LogP contribution in [0.5, 0.6) is 0 Å². The van der Waals surface area contributed by atoms with E-state index >= 15 is 0 Å². The van der Waals surface area contributed by atoms with E-state index in [-0.39, 0.29) is 23.4 Å². The number of rotatable bonds is 4. The van der Waals surface area contributed by atoms with E-state index in [9.17, 15) is 18.0 Å². The molecular formula is C22H26F3N9O. The lowest BCUT2D eigenvalue weighted by Gasteiger charge is -2.37. The van der Waals surface area contributed by atoms with Crippen molar-refractivity contribution in [2.45, 2.75) is 19.4 Å². The Kier molecular flexibility index (Phi) is 6.78. The summed E-state index contributed by atoms with van der Waals surface area (Å²) in [5.74, 6) is 3.99. The minimum Gasteiger partial charge on any atom is -0.400 e. The lowest BCUT2D eigenvalue weighted by molar-refractivity contribution is 0.139. The van der Waals surface area contributed by atoms with E-state index in [2.05, 4.69) is 15.1 Å². The van der Waals surface area contributed by atoms with Gasteiger partial charge in [0.1, 0.15) is 17.3 Å². The number of hydrazone groups is 1. The van der Waals surface area contributed by atoms with E-state index in [1.54, 1.807) is 18.0 Å². The number of aromatic nitrogens is 2. The van der Waals surface area contributed by atoms with Crippen molar-refractivity contribution in [3.8, 4) is 0 Å². The maximum Gasteiger partial charge on any atom is 0.341 e. The third kappa shape index (κ3) is 4.99. The van der Waals surface area contributed by atoms with Crippen LogP contribution in [0.15, 0.2) is 35.2 Å². The van der Waals surface area contributed by atoms with E-state index in [1.807, 2.05) is 4.90 Å². The number of hydrazine groups is 1. The van der Waals surface area contributed by atoms with Gasteiger partial charge in [0.05, 0.1) is 17.9 Å². The Labute approximate surface area is 200 Å². The first-order valence-electron chi connectivity index (χ1n) is 10.9. The number of hydrogen-bond acceptors (Lipinski definition) is 8. The maximum absolute atomic E-state index is 14.4. The van der Waals surface area contributed by atoms with Gasteiger partial charge in [0.25, 0.3) is 0 Å². The summed E-state index contributed by atoms with van der Waals surface area (Å²) in [4.78, 5) is 25.0. The van der Waals surface area contributed by atoms with Crippen LogP contribution in [0.2, 0.25) is 0 Å². The second kappa shape index (κ2) is 9.78. The smallest absolute Gasteiger partial charge is 0.341 e. The number of allylic oxidation sites excluding steroid dienone is 1. The van der Waals surface area contributed by atoms with E-state index in [0.29, 0.717) is 43.9 Å². The quantitative estimate of drug-likeness (QED) is 0.498. The van der Waals surface area contributed by atoms with Crippen molar-refractivity contribution in [1.29, 1.82) is 0 Å². The summed E-state index contributed by atoms with van der Waals surface area (Å²) in [6, 6.07) is 2.23. The summed E-state index contributed by atoms with van der Waals surface area (Å²) in [5.41, 5.74) is 6.72. The van der Waals surface area contributed by atoms with Gasteiger partial charge >= 0.3 is 6.03 Å². The molecule has 2 aliphatic rings. The van der Waals surface area contributed by atoms with Gasteiger partial charge in [0.2, 0.25) is 5.95 Å². The highest BCUT2D eigenvalue weighted by Crippen LogP contribution is 2.30. The number of anilines is 1. The van der Waals surface area contributed by atoms with Crippen molar-refractivity contribution in [2.24, 2.45) is 16.7 Å². The fourth-order valence-electron chi connectivity index (χ4n) is 4.19. The standard InChI is InChI=1S/C22H26F3N9O/c1-13(26)20(31(2)27)19-17(25)12-28-21(30-19)32-5-7-33(8-6-32)22(35)34-18(3-4-29-34)14-9-15(23)11-16(24)10-14/h4,9-12,18H,3,5-8,26-27H2,1-2H3/b20-13-. The first kappa shape index (κ1) is 24.3. The molecule has 1 fully saturated rings. The average Bonchev–Trinajstić information content (AvgIpc) is 3.29. The molecule has 2 aliphatic heterocycles. The Morgan fingerprint density at radius 3 is 2.37 bits per heavy atom. The second-order valence-electron chi connectivity index (χ2n) is 8.36. The molecule has 13 heteroatoms. The highest BCUT2D eigenvalue weighted by atomic mass is 19.1. The van der Waals surface area contributed by atoms with Gasteiger partial charge in [-0.25, -0.2) is 38.8 Å². The van der Waals surface area contributed by atoms with E-state index < -0.39 is 23.5 Å². The Balaban J connectivity index is 1.46. The second-order valence-corrected chi connectivity index (χ2v) is 8.36. The molecule has 4 rings (SSSR count). The molecule has 1 aromatic heterocycles. The van der Waals surface area contributed by atoms with Crippen LogP contribution in [0.25, 0.3) is 5.70 Å². The largest absolute Gasteiger partial charge is 0.400 e. The van der Waals surface area contributed by atoms with Crippen LogP contribution >= 0.6 is 0 Å². The normalized spacial score (nSPS) is 18.7. The molecule has 1 aromatic carbocycles. The Hall–Kier alpha value is -3.87. The van der Waals surface area contributed by atoms with Crippen LogP contribution < -0.4 is 16.5 Å². The Morgan fingerprint density at radius 2 is 1.77 bits per heavy atom. The molecule has 2 amide bonds. The molecule has 0 spiro atoms. The fourth-order valence-corrected chi connectivity index (χ4v) is 4.19. The highest BCUT2D eigenvalue weighted by Gasteiger charge is 2.34. The molecule has 0 bridgehead atoms. The van der Waals surface area contributed by atoms with Crippen LogP contribution in [-0.2, 0) is 0 Å². The third-order valence-electron chi connectivity index (χ3n) is 5.81. The van der Waals surface area contributed by atoms with Crippen molar-refractivity contribution in [1.82, 2.24) is 24.9 Å². The molecular weight excluding hydrogens is 463 g/mol. The molecule has 1 unspecified atom stereocenters. The zero-order valence-corrected chi connectivity index (χ0v) is 19.3. The number of piperazine rings is 1. The number of amides is 2. The molecule has 0 radical (unpaired) electrons. The van der Waals surface area contributed by atoms with Crippen LogP contribution in [0.1, 0.15) is 30.6 Å². The van der Waals surface area contributed by atoms with Gasteiger partial charge in [-0.3, -0.25) is 0 Å². The predicted molar refractivity (Wildman–Crippen MR) is 124 cm³/mol. The van der Waals surface area contributed by atoms with Crippen molar-refractivity contribution in [3.05, 3.63) is 58.8 Å². The number of hydrogen-bond donors (Lipinski definition) is 2. The first-order valence-corrected chi connectivity index (χ1v) is 10.9. The highest BCUT2D eigenvalue weighted by molar-refractivity contribution is 5.78. The number of halogens is 3. The van der Waals surface area contributed by atoms with Crippen molar-refractivity contribution in [3.63, 3.8) is 0 Å². The average molecular weight is 490 g/mol. The molecule has 2 aromatic rings. The maximum atomic E-state index is 14.4. The monoisotopic (exact) mass is 489 g/mol. The minimum atomic E-state index is -0.713. The zero-order valence-electron chi connectivity index (χ0n) is 19.3. The van der Waals surface area contributed by atoms with E-state index in [1.165, 1.54) is 29.2 Å². The molecule has 1 saturated heterocycles. The molecule has 0 aliphatic carbocycles. The first-order chi connectivity index (χ1) is 16.7. The molecule has 0 saturated carbocycles. The van der Waals surface area contributed by atoms with Crippen LogP contribution in [0.4, 0.5) is 23.9 Å². The minimum absolute atomic E-state index is 0.0184. The SMILES string of the molecule is C/C(N)=C(\c1nc(N2CCN(C(=O)N3N=CCC3c3cc(F)cc(F)c3)CC2)ncc1F)N(C)N. The molecule has 3 heterocycles. The van der Waals surface area contributed by atoms with Crippen molar-refractivity contribution < 1.29 is 18.0 Å². The van der Waals surface area contributed by atoms with Gasteiger partial charge in [-0.1, -0.05) is 0 Å². The van der Waals surface area contributed by atoms with Gasteiger partial charge < -0.3 is 20.5 Å². The molecule has 1 atom stereocenters. The Morgan fingerprint density at radius 1 is 1.11 bits per heavy atom. The number of benzene rings is 1.